The fraction of sp³-hybridized carbons (Fsp3) is 0.167. The molecule has 2 N–H and O–H groups in total. The standard InChI is InChI=1S/C24H24FN3O4S/c1-28(17-18-7-3-2-4-8-18)24(30)21-9-5-6-10-22(21)27-23(29)15-16-26-33(31,32)20-13-11-19(25)12-14-20/h2-14,26H,15-17H2,1H3,(H,27,29). The monoisotopic (exact) mass is 469 g/mol. The van der Waals surface area contributed by atoms with Gasteiger partial charge in [0.1, 0.15) is 5.82 Å². The average Bonchev–Trinajstić information content (AvgIpc) is 2.80. The molecule has 0 spiro atoms. The van der Waals surface area contributed by atoms with Gasteiger partial charge in [0.2, 0.25) is 15.9 Å². The maximum absolute atomic E-state index is 13.0. The number of sulfonamides is 1. The molecule has 33 heavy (non-hydrogen) atoms. The van der Waals surface area contributed by atoms with Gasteiger partial charge >= 0.3 is 0 Å². The van der Waals surface area contributed by atoms with Gasteiger partial charge in [0.15, 0.2) is 0 Å². The van der Waals surface area contributed by atoms with Crippen LogP contribution in [0.15, 0.2) is 83.8 Å². The van der Waals surface area contributed by atoms with Gasteiger partial charge in [0.05, 0.1) is 16.1 Å². The Kier molecular flexibility index (Phi) is 7.92. The summed E-state index contributed by atoms with van der Waals surface area (Å²) in [6.07, 6.45) is -0.150. The predicted molar refractivity (Wildman–Crippen MR) is 124 cm³/mol. The zero-order valence-electron chi connectivity index (χ0n) is 18.0. The van der Waals surface area contributed by atoms with E-state index in [2.05, 4.69) is 10.0 Å². The van der Waals surface area contributed by atoms with Gasteiger partial charge in [-0.1, -0.05) is 42.5 Å². The van der Waals surface area contributed by atoms with Gasteiger partial charge in [0.25, 0.3) is 5.91 Å². The van der Waals surface area contributed by atoms with Crippen molar-refractivity contribution in [2.24, 2.45) is 0 Å². The Bertz CT molecular complexity index is 1220. The van der Waals surface area contributed by atoms with Crippen molar-refractivity contribution in [3.8, 4) is 0 Å². The Balaban J connectivity index is 1.59. The van der Waals surface area contributed by atoms with Crippen LogP contribution >= 0.6 is 0 Å². The van der Waals surface area contributed by atoms with Gasteiger partial charge in [0, 0.05) is 26.6 Å². The SMILES string of the molecule is CN(Cc1ccccc1)C(=O)c1ccccc1NC(=O)CCNS(=O)(=O)c1ccc(F)cc1. The maximum Gasteiger partial charge on any atom is 0.256 e. The highest BCUT2D eigenvalue weighted by atomic mass is 32.2. The molecule has 0 aliphatic carbocycles. The van der Waals surface area contributed by atoms with Crippen molar-refractivity contribution in [3.05, 3.63) is 95.8 Å². The number of hydrogen-bond acceptors (Lipinski definition) is 4. The van der Waals surface area contributed by atoms with E-state index in [1.165, 1.54) is 0 Å². The molecule has 0 fully saturated rings. The average molecular weight is 470 g/mol. The Morgan fingerprint density at radius 3 is 2.24 bits per heavy atom. The number of para-hydroxylation sites is 1. The smallest absolute Gasteiger partial charge is 0.256 e. The molecule has 0 saturated carbocycles. The number of nitrogens with zero attached hydrogens (tertiary/aromatic N) is 1. The largest absolute Gasteiger partial charge is 0.337 e. The van der Waals surface area contributed by atoms with Crippen molar-refractivity contribution in [3.63, 3.8) is 0 Å². The molecular weight excluding hydrogens is 445 g/mol. The van der Waals surface area contributed by atoms with Crippen LogP contribution in [-0.4, -0.2) is 38.7 Å². The number of hydrogen-bond donors (Lipinski definition) is 2. The lowest BCUT2D eigenvalue weighted by molar-refractivity contribution is -0.116. The fourth-order valence-corrected chi connectivity index (χ4v) is 4.15. The third-order valence-electron chi connectivity index (χ3n) is 4.81. The van der Waals surface area contributed by atoms with Crippen molar-refractivity contribution in [1.29, 1.82) is 0 Å². The quantitative estimate of drug-likeness (QED) is 0.502. The van der Waals surface area contributed by atoms with Crippen LogP contribution in [0.3, 0.4) is 0 Å². The van der Waals surface area contributed by atoms with E-state index in [0.717, 1.165) is 29.8 Å². The zero-order chi connectivity index (χ0) is 23.8. The number of halogens is 1. The Hall–Kier alpha value is -3.56. The topological polar surface area (TPSA) is 95.6 Å². The number of carbonyl (C=O) groups is 2. The van der Waals surface area contributed by atoms with Gasteiger partial charge < -0.3 is 10.2 Å². The number of anilines is 1. The molecule has 0 atom stereocenters. The third-order valence-corrected chi connectivity index (χ3v) is 6.29. The number of benzene rings is 3. The number of rotatable bonds is 9. The van der Waals surface area contributed by atoms with E-state index in [4.69, 9.17) is 0 Å². The molecular formula is C24H24FN3O4S. The summed E-state index contributed by atoms with van der Waals surface area (Å²) in [5.41, 5.74) is 1.65. The Morgan fingerprint density at radius 1 is 0.909 bits per heavy atom. The minimum absolute atomic E-state index is 0.0956. The highest BCUT2D eigenvalue weighted by Crippen LogP contribution is 2.18. The second-order valence-corrected chi connectivity index (χ2v) is 9.11. The summed E-state index contributed by atoms with van der Waals surface area (Å²) < 4.78 is 39.8. The van der Waals surface area contributed by atoms with Gasteiger partial charge in [-0.05, 0) is 42.0 Å². The minimum Gasteiger partial charge on any atom is -0.337 e. The molecule has 0 bridgehead atoms. The normalized spacial score (nSPS) is 11.1. The summed E-state index contributed by atoms with van der Waals surface area (Å²) >= 11 is 0. The molecule has 0 radical (unpaired) electrons. The van der Waals surface area contributed by atoms with Crippen molar-refractivity contribution in [2.75, 3.05) is 18.9 Å². The minimum atomic E-state index is -3.87. The predicted octanol–water partition coefficient (Wildman–Crippen LogP) is 3.41. The molecule has 3 aromatic rings. The molecule has 0 aliphatic rings. The van der Waals surface area contributed by atoms with Crippen LogP contribution in [0.5, 0.6) is 0 Å². The first-order valence-corrected chi connectivity index (χ1v) is 11.7. The van der Waals surface area contributed by atoms with Crippen molar-refractivity contribution < 1.29 is 22.4 Å². The molecule has 172 valence electrons. The molecule has 2 amide bonds. The molecule has 0 heterocycles. The first-order chi connectivity index (χ1) is 15.8. The zero-order valence-corrected chi connectivity index (χ0v) is 18.8. The van der Waals surface area contributed by atoms with Crippen LogP contribution in [0.1, 0.15) is 22.3 Å². The second-order valence-electron chi connectivity index (χ2n) is 7.34. The van der Waals surface area contributed by atoms with E-state index in [0.29, 0.717) is 17.8 Å². The van der Waals surface area contributed by atoms with Crippen LogP contribution in [-0.2, 0) is 21.4 Å². The van der Waals surface area contributed by atoms with Crippen LogP contribution in [0.25, 0.3) is 0 Å². The van der Waals surface area contributed by atoms with Gasteiger partial charge in [-0.25, -0.2) is 17.5 Å². The van der Waals surface area contributed by atoms with Crippen LogP contribution in [0.4, 0.5) is 10.1 Å². The summed E-state index contributed by atoms with van der Waals surface area (Å²) in [5.74, 6) is -1.26. The van der Waals surface area contributed by atoms with E-state index >= 15 is 0 Å². The lowest BCUT2D eigenvalue weighted by Crippen LogP contribution is -2.29. The molecule has 3 aromatic carbocycles. The highest BCUT2D eigenvalue weighted by molar-refractivity contribution is 7.89. The third kappa shape index (κ3) is 6.71. The number of carbonyl (C=O) groups excluding carboxylic acids is 2. The Morgan fingerprint density at radius 2 is 1.55 bits per heavy atom. The molecule has 0 aromatic heterocycles. The molecule has 0 aliphatic heterocycles. The van der Waals surface area contributed by atoms with Gasteiger partial charge in [-0.15, -0.1) is 0 Å². The van der Waals surface area contributed by atoms with Crippen LogP contribution < -0.4 is 10.0 Å². The lowest BCUT2D eigenvalue weighted by Gasteiger charge is -2.19. The summed E-state index contributed by atoms with van der Waals surface area (Å²) in [7, 11) is -2.19. The second kappa shape index (κ2) is 10.8. The first-order valence-electron chi connectivity index (χ1n) is 10.2. The lowest BCUT2D eigenvalue weighted by atomic mass is 10.1. The van der Waals surface area contributed by atoms with Crippen LogP contribution in [0.2, 0.25) is 0 Å². The van der Waals surface area contributed by atoms with Crippen molar-refractivity contribution in [2.45, 2.75) is 17.9 Å². The van der Waals surface area contributed by atoms with Crippen molar-refractivity contribution >= 4 is 27.5 Å². The molecule has 7 nitrogen and oxygen atoms in total. The van der Waals surface area contributed by atoms with E-state index in [1.54, 1.807) is 36.2 Å². The van der Waals surface area contributed by atoms with E-state index < -0.39 is 21.7 Å². The highest BCUT2D eigenvalue weighted by Gasteiger charge is 2.18. The van der Waals surface area contributed by atoms with E-state index in [9.17, 15) is 22.4 Å². The van der Waals surface area contributed by atoms with Gasteiger partial charge in [-0.3, -0.25) is 9.59 Å². The van der Waals surface area contributed by atoms with E-state index in [-0.39, 0.29) is 23.8 Å². The molecule has 0 saturated heterocycles. The molecule has 9 heteroatoms. The number of amides is 2. The Labute approximate surface area is 192 Å². The summed E-state index contributed by atoms with van der Waals surface area (Å²) in [6.45, 7) is 0.253. The molecule has 0 unspecified atom stereocenters. The van der Waals surface area contributed by atoms with E-state index in [1.807, 2.05) is 30.3 Å². The first kappa shape index (κ1) is 24.1. The number of nitrogens with one attached hydrogen (secondary N) is 2. The summed E-state index contributed by atoms with van der Waals surface area (Å²) in [5, 5.41) is 2.67. The van der Waals surface area contributed by atoms with Crippen LogP contribution in [0, 0.1) is 5.82 Å². The van der Waals surface area contributed by atoms with Crippen molar-refractivity contribution in [1.82, 2.24) is 9.62 Å². The fourth-order valence-electron chi connectivity index (χ4n) is 3.12. The van der Waals surface area contributed by atoms with Gasteiger partial charge in [-0.2, -0.15) is 0 Å². The summed E-state index contributed by atoms with van der Waals surface area (Å²) in [4.78, 5) is 26.8. The molecule has 3 rings (SSSR count). The maximum atomic E-state index is 13.0. The summed E-state index contributed by atoms with van der Waals surface area (Å²) in [6, 6.07) is 20.5.